The summed E-state index contributed by atoms with van der Waals surface area (Å²) in [6.07, 6.45) is 5.30. The van der Waals surface area contributed by atoms with Crippen molar-refractivity contribution in [3.05, 3.63) is 77.2 Å². The SMILES string of the molecule is CCOc1ccc2cn(-c3ccc4ncn(C)c4c3)c(=O)c(-c3ccc(C)nc3)c2n1. The predicted octanol–water partition coefficient (Wildman–Crippen LogP) is 4.04. The summed E-state index contributed by atoms with van der Waals surface area (Å²) in [6, 6.07) is 13.3. The van der Waals surface area contributed by atoms with Gasteiger partial charge in [0.15, 0.2) is 0 Å². The summed E-state index contributed by atoms with van der Waals surface area (Å²) in [5.41, 5.74) is 5.13. The standard InChI is InChI=1S/C24H21N5O2/c1-4-31-21-10-7-17-13-29(18-8-9-19-20(11-18)28(3)14-26-19)24(30)22(23(17)27-21)16-6-5-15(2)25-12-16/h5-14H,4H2,1-3H3. The zero-order valence-electron chi connectivity index (χ0n) is 17.5. The highest BCUT2D eigenvalue weighted by Gasteiger charge is 2.16. The lowest BCUT2D eigenvalue weighted by molar-refractivity contribution is 0.328. The number of hydrogen-bond acceptors (Lipinski definition) is 5. The molecule has 31 heavy (non-hydrogen) atoms. The Morgan fingerprint density at radius 1 is 1.06 bits per heavy atom. The Labute approximate surface area is 178 Å². The quantitative estimate of drug-likeness (QED) is 0.446. The summed E-state index contributed by atoms with van der Waals surface area (Å²) < 4.78 is 9.18. The Hall–Kier alpha value is -4.00. The van der Waals surface area contributed by atoms with Crippen molar-refractivity contribution in [2.75, 3.05) is 6.61 Å². The largest absolute Gasteiger partial charge is 0.478 e. The highest BCUT2D eigenvalue weighted by Crippen LogP contribution is 2.27. The maximum Gasteiger partial charge on any atom is 0.265 e. The van der Waals surface area contributed by atoms with Crippen LogP contribution < -0.4 is 10.3 Å². The first-order valence-electron chi connectivity index (χ1n) is 10.1. The molecule has 0 radical (unpaired) electrons. The average molecular weight is 411 g/mol. The molecule has 0 saturated heterocycles. The van der Waals surface area contributed by atoms with E-state index >= 15 is 0 Å². The van der Waals surface area contributed by atoms with E-state index in [0.717, 1.165) is 33.4 Å². The molecule has 7 nitrogen and oxygen atoms in total. The van der Waals surface area contributed by atoms with Crippen LogP contribution in [0, 0.1) is 6.92 Å². The molecule has 0 bridgehead atoms. The molecule has 154 valence electrons. The second-order valence-electron chi connectivity index (χ2n) is 7.42. The smallest absolute Gasteiger partial charge is 0.265 e. The molecule has 0 saturated carbocycles. The molecule has 0 aliphatic rings. The van der Waals surface area contributed by atoms with E-state index < -0.39 is 0 Å². The van der Waals surface area contributed by atoms with E-state index in [1.165, 1.54) is 0 Å². The van der Waals surface area contributed by atoms with Gasteiger partial charge in [-0.05, 0) is 44.2 Å². The number of aromatic nitrogens is 5. The third-order valence-electron chi connectivity index (χ3n) is 5.32. The van der Waals surface area contributed by atoms with Crippen LogP contribution in [0.1, 0.15) is 12.6 Å². The number of benzene rings is 1. The fraction of sp³-hybridized carbons (Fsp3) is 0.167. The van der Waals surface area contributed by atoms with Gasteiger partial charge in [0.25, 0.3) is 5.56 Å². The molecule has 4 aromatic heterocycles. The molecular weight excluding hydrogens is 390 g/mol. The van der Waals surface area contributed by atoms with Crippen molar-refractivity contribution in [3.63, 3.8) is 0 Å². The summed E-state index contributed by atoms with van der Waals surface area (Å²) in [6.45, 7) is 4.32. The number of hydrogen-bond donors (Lipinski definition) is 0. The fourth-order valence-corrected chi connectivity index (χ4v) is 3.74. The van der Waals surface area contributed by atoms with Gasteiger partial charge in [-0.25, -0.2) is 9.97 Å². The van der Waals surface area contributed by atoms with Crippen LogP contribution in [0.4, 0.5) is 0 Å². The molecule has 0 fully saturated rings. The van der Waals surface area contributed by atoms with Gasteiger partial charge < -0.3 is 9.30 Å². The third kappa shape index (κ3) is 3.24. The molecule has 0 unspecified atom stereocenters. The number of rotatable bonds is 4. The number of aryl methyl sites for hydroxylation is 2. The number of fused-ring (bicyclic) bond motifs is 2. The Morgan fingerprint density at radius 3 is 2.71 bits per heavy atom. The van der Waals surface area contributed by atoms with E-state index in [1.807, 2.05) is 74.1 Å². The van der Waals surface area contributed by atoms with Crippen molar-refractivity contribution >= 4 is 21.9 Å². The van der Waals surface area contributed by atoms with Crippen LogP contribution in [0.15, 0.2) is 66.0 Å². The third-order valence-corrected chi connectivity index (χ3v) is 5.32. The van der Waals surface area contributed by atoms with E-state index in [2.05, 4.69) is 15.0 Å². The number of nitrogens with zero attached hydrogens (tertiary/aromatic N) is 5. The Morgan fingerprint density at radius 2 is 1.94 bits per heavy atom. The molecule has 5 aromatic rings. The zero-order chi connectivity index (χ0) is 21.5. The van der Waals surface area contributed by atoms with Gasteiger partial charge in [-0.2, -0.15) is 0 Å². The minimum Gasteiger partial charge on any atom is -0.478 e. The molecule has 7 heteroatoms. The molecule has 0 atom stereocenters. The second-order valence-corrected chi connectivity index (χ2v) is 7.42. The maximum absolute atomic E-state index is 13.7. The van der Waals surface area contributed by atoms with Crippen molar-refractivity contribution in [1.82, 2.24) is 24.1 Å². The molecule has 0 spiro atoms. The molecule has 0 aliphatic carbocycles. The Kier molecular flexibility index (Phi) is 4.51. The fourth-order valence-electron chi connectivity index (χ4n) is 3.74. The van der Waals surface area contributed by atoms with Gasteiger partial charge >= 0.3 is 0 Å². The van der Waals surface area contributed by atoms with E-state index in [0.29, 0.717) is 23.6 Å². The molecule has 4 heterocycles. The second kappa shape index (κ2) is 7.36. The summed E-state index contributed by atoms with van der Waals surface area (Å²) in [5, 5.41) is 0.837. The maximum atomic E-state index is 13.7. The average Bonchev–Trinajstić information content (AvgIpc) is 3.15. The monoisotopic (exact) mass is 411 g/mol. The zero-order valence-corrected chi connectivity index (χ0v) is 17.5. The van der Waals surface area contributed by atoms with Crippen LogP contribution in [0.5, 0.6) is 5.88 Å². The lowest BCUT2D eigenvalue weighted by atomic mass is 10.1. The normalized spacial score (nSPS) is 11.3. The Bertz CT molecular complexity index is 1480. The summed E-state index contributed by atoms with van der Waals surface area (Å²) in [4.78, 5) is 27.1. The van der Waals surface area contributed by atoms with Gasteiger partial charge in [0, 0.05) is 42.2 Å². The summed E-state index contributed by atoms with van der Waals surface area (Å²) in [5.74, 6) is 0.491. The van der Waals surface area contributed by atoms with Gasteiger partial charge in [-0.1, -0.05) is 6.07 Å². The molecular formula is C24H21N5O2. The van der Waals surface area contributed by atoms with E-state index in [9.17, 15) is 4.79 Å². The number of ether oxygens (including phenoxy) is 1. The van der Waals surface area contributed by atoms with Crippen LogP contribution in [0.2, 0.25) is 0 Å². The van der Waals surface area contributed by atoms with E-state index in [-0.39, 0.29) is 5.56 Å². The van der Waals surface area contributed by atoms with Crippen molar-refractivity contribution in [1.29, 1.82) is 0 Å². The molecule has 0 amide bonds. The van der Waals surface area contributed by atoms with Crippen molar-refractivity contribution < 1.29 is 4.74 Å². The molecule has 1 aromatic carbocycles. The summed E-state index contributed by atoms with van der Waals surface area (Å²) >= 11 is 0. The van der Waals surface area contributed by atoms with E-state index in [4.69, 9.17) is 4.74 Å². The van der Waals surface area contributed by atoms with Crippen LogP contribution in [-0.2, 0) is 7.05 Å². The minimum atomic E-state index is -0.166. The highest BCUT2D eigenvalue weighted by atomic mass is 16.5. The van der Waals surface area contributed by atoms with Crippen molar-refractivity contribution in [2.45, 2.75) is 13.8 Å². The molecule has 0 N–H and O–H groups in total. The lowest BCUT2D eigenvalue weighted by Gasteiger charge is -2.13. The van der Waals surface area contributed by atoms with Crippen molar-refractivity contribution in [2.24, 2.45) is 7.05 Å². The first kappa shape index (κ1) is 19.0. The number of pyridine rings is 3. The summed E-state index contributed by atoms with van der Waals surface area (Å²) in [7, 11) is 1.94. The minimum absolute atomic E-state index is 0.166. The Balaban J connectivity index is 1.82. The first-order valence-corrected chi connectivity index (χ1v) is 10.1. The van der Waals surface area contributed by atoms with Crippen molar-refractivity contribution in [3.8, 4) is 22.7 Å². The van der Waals surface area contributed by atoms with Gasteiger partial charge in [0.2, 0.25) is 5.88 Å². The molecule has 5 rings (SSSR count). The number of imidazole rings is 1. The molecule has 0 aliphatic heterocycles. The van der Waals surface area contributed by atoms with Gasteiger partial charge in [-0.3, -0.25) is 14.3 Å². The topological polar surface area (TPSA) is 74.8 Å². The van der Waals surface area contributed by atoms with Crippen LogP contribution in [0.25, 0.3) is 38.8 Å². The lowest BCUT2D eigenvalue weighted by Crippen LogP contribution is -2.20. The van der Waals surface area contributed by atoms with E-state index in [1.54, 1.807) is 17.1 Å². The first-order chi connectivity index (χ1) is 15.0. The van der Waals surface area contributed by atoms with Gasteiger partial charge in [0.1, 0.15) is 0 Å². The van der Waals surface area contributed by atoms with Crippen LogP contribution >= 0.6 is 0 Å². The van der Waals surface area contributed by atoms with Crippen LogP contribution in [-0.4, -0.2) is 30.7 Å². The predicted molar refractivity (Wildman–Crippen MR) is 121 cm³/mol. The van der Waals surface area contributed by atoms with Gasteiger partial charge in [-0.15, -0.1) is 0 Å². The van der Waals surface area contributed by atoms with Crippen LogP contribution in [0.3, 0.4) is 0 Å². The highest BCUT2D eigenvalue weighted by molar-refractivity contribution is 5.93. The van der Waals surface area contributed by atoms with Gasteiger partial charge in [0.05, 0.1) is 40.7 Å².